The molecular formula is C18H20N4O. The lowest BCUT2D eigenvalue weighted by atomic mass is 10.2. The predicted octanol–water partition coefficient (Wildman–Crippen LogP) is 3.79. The van der Waals surface area contributed by atoms with Gasteiger partial charge >= 0.3 is 0 Å². The summed E-state index contributed by atoms with van der Waals surface area (Å²) in [4.78, 5) is 0. The molecule has 0 bridgehead atoms. The Morgan fingerprint density at radius 1 is 1.35 bits per heavy atom. The Balaban J connectivity index is 1.65. The topological polar surface area (TPSA) is 67.6 Å². The van der Waals surface area contributed by atoms with Crippen molar-refractivity contribution in [2.45, 2.75) is 51.5 Å². The molecule has 2 aromatic heterocycles. The molecule has 118 valence electrons. The van der Waals surface area contributed by atoms with Gasteiger partial charge in [0.05, 0.1) is 0 Å². The third kappa shape index (κ3) is 2.70. The second-order valence-electron chi connectivity index (χ2n) is 6.63. The average molecular weight is 308 g/mol. The van der Waals surface area contributed by atoms with Crippen molar-refractivity contribution in [3.63, 3.8) is 0 Å². The zero-order valence-corrected chi connectivity index (χ0v) is 13.3. The molecule has 23 heavy (non-hydrogen) atoms. The highest BCUT2D eigenvalue weighted by Gasteiger charge is 2.36. The molecule has 0 aromatic carbocycles. The number of hydrogen-bond donors (Lipinski definition) is 0. The number of hydrogen-bond acceptors (Lipinski definition) is 4. The van der Waals surface area contributed by atoms with Crippen LogP contribution in [0, 0.1) is 17.2 Å². The van der Waals surface area contributed by atoms with Crippen molar-refractivity contribution >= 4 is 11.6 Å². The molecule has 0 unspecified atom stereocenters. The summed E-state index contributed by atoms with van der Waals surface area (Å²) < 4.78 is 7.98. The molecule has 1 fully saturated rings. The number of furan rings is 1. The molecule has 0 N–H and O–H groups in total. The van der Waals surface area contributed by atoms with Gasteiger partial charge in [0.1, 0.15) is 29.0 Å². The maximum absolute atomic E-state index is 9.56. The van der Waals surface area contributed by atoms with Gasteiger partial charge in [-0.2, -0.15) is 5.26 Å². The molecule has 5 heteroatoms. The van der Waals surface area contributed by atoms with Crippen LogP contribution in [0.15, 0.2) is 16.5 Å². The maximum Gasteiger partial charge on any atom is 0.174 e. The fourth-order valence-corrected chi connectivity index (χ4v) is 3.34. The van der Waals surface area contributed by atoms with Crippen LogP contribution in [0.3, 0.4) is 0 Å². The zero-order valence-electron chi connectivity index (χ0n) is 13.3. The van der Waals surface area contributed by atoms with Crippen LogP contribution < -0.4 is 0 Å². The van der Waals surface area contributed by atoms with E-state index in [2.05, 4.69) is 27.8 Å². The first-order valence-electron chi connectivity index (χ1n) is 8.40. The Bertz CT molecular complexity index is 792. The van der Waals surface area contributed by atoms with E-state index in [4.69, 9.17) is 4.42 Å². The Morgan fingerprint density at radius 3 is 3.00 bits per heavy atom. The van der Waals surface area contributed by atoms with Crippen LogP contribution in [0.1, 0.15) is 61.7 Å². The smallest absolute Gasteiger partial charge is 0.174 e. The minimum absolute atomic E-state index is 0.524. The van der Waals surface area contributed by atoms with Crippen molar-refractivity contribution in [3.05, 3.63) is 35.3 Å². The minimum atomic E-state index is 0.524. The van der Waals surface area contributed by atoms with Crippen LogP contribution in [-0.2, 0) is 13.0 Å². The van der Waals surface area contributed by atoms with Crippen LogP contribution in [0.4, 0.5) is 0 Å². The van der Waals surface area contributed by atoms with Crippen molar-refractivity contribution in [3.8, 4) is 6.07 Å². The second kappa shape index (κ2) is 5.69. The molecule has 0 saturated heterocycles. The summed E-state index contributed by atoms with van der Waals surface area (Å²) >= 11 is 0. The average Bonchev–Trinajstić information content (AvgIpc) is 3.00. The highest BCUT2D eigenvalue weighted by Crippen LogP contribution is 2.47. The summed E-state index contributed by atoms with van der Waals surface area (Å²) in [5, 5.41) is 18.1. The molecule has 1 aliphatic heterocycles. The third-order valence-corrected chi connectivity index (χ3v) is 4.88. The summed E-state index contributed by atoms with van der Waals surface area (Å²) in [6, 6.07) is 6.23. The van der Waals surface area contributed by atoms with Gasteiger partial charge in [0.15, 0.2) is 5.82 Å². The molecule has 2 atom stereocenters. The Labute approximate surface area is 135 Å². The lowest BCUT2D eigenvalue weighted by Gasteiger charge is -2.05. The van der Waals surface area contributed by atoms with E-state index in [1.807, 2.05) is 12.1 Å². The highest BCUT2D eigenvalue weighted by atomic mass is 16.3. The van der Waals surface area contributed by atoms with Crippen molar-refractivity contribution in [2.24, 2.45) is 5.92 Å². The summed E-state index contributed by atoms with van der Waals surface area (Å²) in [5.74, 6) is 4.67. The molecule has 1 aliphatic carbocycles. The standard InChI is InChI=1S/C18H20N4O/c1-12-9-15(12)16-7-6-14(23-16)10-13(11-19)18-21-20-17-5-3-2-4-8-22(17)18/h6-7,10,12,15H,2-5,8-9H2,1H3/b13-10+/t12-,15+/m0/s1. The number of nitrogens with zero attached hydrogens (tertiary/aromatic N) is 4. The number of aromatic nitrogens is 3. The molecule has 1 saturated carbocycles. The van der Waals surface area contributed by atoms with Gasteiger partial charge in [-0.1, -0.05) is 13.3 Å². The van der Waals surface area contributed by atoms with E-state index in [1.165, 1.54) is 12.8 Å². The fourth-order valence-electron chi connectivity index (χ4n) is 3.34. The molecule has 2 aliphatic rings. The van der Waals surface area contributed by atoms with Crippen LogP contribution in [0.25, 0.3) is 11.6 Å². The van der Waals surface area contributed by atoms with Crippen LogP contribution in [0.2, 0.25) is 0 Å². The van der Waals surface area contributed by atoms with Gasteiger partial charge in [0, 0.05) is 25.0 Å². The highest BCUT2D eigenvalue weighted by molar-refractivity contribution is 5.86. The minimum Gasteiger partial charge on any atom is -0.461 e. The Kier molecular flexibility index (Phi) is 3.53. The molecule has 0 spiro atoms. The van der Waals surface area contributed by atoms with Gasteiger partial charge < -0.3 is 8.98 Å². The zero-order chi connectivity index (χ0) is 15.8. The van der Waals surface area contributed by atoms with Crippen LogP contribution in [-0.4, -0.2) is 14.8 Å². The summed E-state index contributed by atoms with van der Waals surface area (Å²) in [5.41, 5.74) is 0.524. The quantitative estimate of drug-likeness (QED) is 0.809. The number of nitriles is 1. The number of allylic oxidation sites excluding steroid dienone is 1. The van der Waals surface area contributed by atoms with Gasteiger partial charge in [0.25, 0.3) is 0 Å². The molecule has 3 heterocycles. The number of aryl methyl sites for hydroxylation is 1. The molecule has 0 radical (unpaired) electrons. The number of fused-ring (bicyclic) bond motifs is 1. The predicted molar refractivity (Wildman–Crippen MR) is 86.3 cm³/mol. The normalized spacial score (nSPS) is 23.9. The first-order valence-corrected chi connectivity index (χ1v) is 8.40. The van der Waals surface area contributed by atoms with E-state index in [0.29, 0.717) is 23.2 Å². The fraction of sp³-hybridized carbons (Fsp3) is 0.500. The Hall–Kier alpha value is -2.35. The van der Waals surface area contributed by atoms with E-state index in [0.717, 1.165) is 43.2 Å². The SMILES string of the molecule is C[C@H]1C[C@H]1c1ccc(/C=C(\C#N)c2nnc3n2CCCCC3)o1. The molecule has 5 nitrogen and oxygen atoms in total. The van der Waals surface area contributed by atoms with Gasteiger partial charge in [-0.05, 0) is 37.3 Å². The van der Waals surface area contributed by atoms with Crippen molar-refractivity contribution < 1.29 is 4.42 Å². The molecule has 4 rings (SSSR count). The summed E-state index contributed by atoms with van der Waals surface area (Å²) in [6.07, 6.45) is 7.38. The van der Waals surface area contributed by atoms with Crippen molar-refractivity contribution in [1.29, 1.82) is 5.26 Å². The number of rotatable bonds is 3. The van der Waals surface area contributed by atoms with E-state index < -0.39 is 0 Å². The summed E-state index contributed by atoms with van der Waals surface area (Å²) in [7, 11) is 0. The van der Waals surface area contributed by atoms with Crippen molar-refractivity contribution in [1.82, 2.24) is 14.8 Å². The molecule has 2 aromatic rings. The first kappa shape index (κ1) is 14.3. The van der Waals surface area contributed by atoms with E-state index in [1.54, 1.807) is 6.08 Å². The van der Waals surface area contributed by atoms with E-state index in [-0.39, 0.29) is 0 Å². The monoisotopic (exact) mass is 308 g/mol. The van der Waals surface area contributed by atoms with Gasteiger partial charge in [-0.15, -0.1) is 10.2 Å². The molecular weight excluding hydrogens is 288 g/mol. The summed E-state index contributed by atoms with van der Waals surface area (Å²) in [6.45, 7) is 3.12. The van der Waals surface area contributed by atoms with Gasteiger partial charge in [0.2, 0.25) is 0 Å². The molecule has 0 amide bonds. The van der Waals surface area contributed by atoms with E-state index >= 15 is 0 Å². The lowest BCUT2D eigenvalue weighted by Crippen LogP contribution is -2.05. The first-order chi connectivity index (χ1) is 11.3. The lowest BCUT2D eigenvalue weighted by molar-refractivity contribution is 0.498. The van der Waals surface area contributed by atoms with Crippen LogP contribution >= 0.6 is 0 Å². The van der Waals surface area contributed by atoms with Gasteiger partial charge in [-0.25, -0.2) is 0 Å². The van der Waals surface area contributed by atoms with Crippen LogP contribution in [0.5, 0.6) is 0 Å². The Morgan fingerprint density at radius 2 is 2.22 bits per heavy atom. The second-order valence-corrected chi connectivity index (χ2v) is 6.63. The van der Waals surface area contributed by atoms with E-state index in [9.17, 15) is 5.26 Å². The largest absolute Gasteiger partial charge is 0.461 e. The van der Waals surface area contributed by atoms with Crippen molar-refractivity contribution in [2.75, 3.05) is 0 Å². The maximum atomic E-state index is 9.56. The third-order valence-electron chi connectivity index (χ3n) is 4.88. The van der Waals surface area contributed by atoms with Gasteiger partial charge in [-0.3, -0.25) is 0 Å².